The molecule has 0 aromatic heterocycles. The smallest absolute Gasteiger partial charge is 0.410 e. The van der Waals surface area contributed by atoms with E-state index < -0.39 is 11.7 Å². The van der Waals surface area contributed by atoms with Gasteiger partial charge in [0.2, 0.25) is 5.91 Å². The first-order valence-electron chi connectivity index (χ1n) is 8.08. The molecule has 1 aromatic rings. The Hall–Kier alpha value is -2.44. The maximum absolute atomic E-state index is 12.0. The van der Waals surface area contributed by atoms with E-state index in [4.69, 9.17) is 14.2 Å². The van der Waals surface area contributed by atoms with Crippen molar-refractivity contribution in [3.05, 3.63) is 23.8 Å². The van der Waals surface area contributed by atoms with E-state index in [1.165, 1.54) is 11.9 Å². The van der Waals surface area contributed by atoms with Gasteiger partial charge in [-0.1, -0.05) is 0 Å². The fraction of sp³-hybridized carbons (Fsp3) is 0.556. The van der Waals surface area contributed by atoms with Crippen LogP contribution >= 0.6 is 0 Å². The Morgan fingerprint density at radius 2 is 1.84 bits per heavy atom. The number of amides is 2. The molecule has 7 nitrogen and oxygen atoms in total. The van der Waals surface area contributed by atoms with Gasteiger partial charge >= 0.3 is 6.09 Å². The molecule has 1 rings (SSSR count). The summed E-state index contributed by atoms with van der Waals surface area (Å²) in [7, 11) is 4.72. The van der Waals surface area contributed by atoms with E-state index in [1.54, 1.807) is 35.0 Å². The van der Waals surface area contributed by atoms with Gasteiger partial charge in [0, 0.05) is 13.6 Å². The standard InChI is InChI=1S/C18H28N2O5/c1-18(2,3)25-17(22)20(4)12-16(21)19-10-9-13-11-14(23-5)7-8-15(13)24-6/h7-8,11H,9-10,12H2,1-6H3,(H,19,21). The van der Waals surface area contributed by atoms with Gasteiger partial charge in [0.1, 0.15) is 23.6 Å². The Labute approximate surface area is 149 Å². The highest BCUT2D eigenvalue weighted by molar-refractivity contribution is 5.82. The summed E-state index contributed by atoms with van der Waals surface area (Å²) >= 11 is 0. The number of carbonyl (C=O) groups is 2. The molecule has 0 aliphatic heterocycles. The molecule has 1 aromatic carbocycles. The molecule has 7 heteroatoms. The van der Waals surface area contributed by atoms with E-state index in [2.05, 4.69) is 5.32 Å². The highest BCUT2D eigenvalue weighted by Gasteiger charge is 2.21. The molecule has 0 aliphatic rings. The maximum Gasteiger partial charge on any atom is 0.410 e. The average Bonchev–Trinajstić information content (AvgIpc) is 2.53. The molecule has 140 valence electrons. The number of nitrogens with zero attached hydrogens (tertiary/aromatic N) is 1. The Balaban J connectivity index is 2.48. The molecule has 0 radical (unpaired) electrons. The second-order valence-corrected chi connectivity index (χ2v) is 6.61. The molecule has 0 fully saturated rings. The minimum Gasteiger partial charge on any atom is -0.497 e. The van der Waals surface area contributed by atoms with E-state index in [1.807, 2.05) is 18.2 Å². The summed E-state index contributed by atoms with van der Waals surface area (Å²) in [6.45, 7) is 5.69. The molecule has 0 saturated carbocycles. The highest BCUT2D eigenvalue weighted by atomic mass is 16.6. The lowest BCUT2D eigenvalue weighted by atomic mass is 10.1. The number of hydrogen-bond acceptors (Lipinski definition) is 5. The van der Waals surface area contributed by atoms with Crippen molar-refractivity contribution in [2.75, 3.05) is 34.4 Å². The third-order valence-corrected chi connectivity index (χ3v) is 3.29. The van der Waals surface area contributed by atoms with Crippen LogP contribution in [0, 0.1) is 0 Å². The van der Waals surface area contributed by atoms with Gasteiger partial charge in [0.05, 0.1) is 14.2 Å². The number of rotatable bonds is 7. The van der Waals surface area contributed by atoms with Crippen LogP contribution < -0.4 is 14.8 Å². The molecule has 0 spiro atoms. The van der Waals surface area contributed by atoms with Gasteiger partial charge in [0.15, 0.2) is 0 Å². The van der Waals surface area contributed by atoms with Crippen LogP contribution in [0.25, 0.3) is 0 Å². The molecule has 25 heavy (non-hydrogen) atoms. The van der Waals surface area contributed by atoms with Crippen LogP contribution in [0.3, 0.4) is 0 Å². The van der Waals surface area contributed by atoms with Crippen LogP contribution in [0.4, 0.5) is 4.79 Å². The molecule has 1 N–H and O–H groups in total. The lowest BCUT2D eigenvalue weighted by Gasteiger charge is -2.24. The van der Waals surface area contributed by atoms with Gasteiger partial charge in [-0.15, -0.1) is 0 Å². The van der Waals surface area contributed by atoms with Crippen LogP contribution in [0.15, 0.2) is 18.2 Å². The zero-order valence-corrected chi connectivity index (χ0v) is 15.8. The minimum atomic E-state index is -0.593. The SMILES string of the molecule is COc1ccc(OC)c(CCNC(=O)CN(C)C(=O)OC(C)(C)C)c1. The third-order valence-electron chi connectivity index (χ3n) is 3.29. The second kappa shape index (κ2) is 9.15. The molecule has 0 heterocycles. The molecule has 0 bridgehead atoms. The van der Waals surface area contributed by atoms with Crippen LogP contribution in [0.1, 0.15) is 26.3 Å². The summed E-state index contributed by atoms with van der Waals surface area (Å²) in [5.41, 5.74) is 0.340. The number of likely N-dealkylation sites (N-methyl/N-ethyl adjacent to an activating group) is 1. The molecular formula is C18H28N2O5. The first-order valence-corrected chi connectivity index (χ1v) is 8.08. The predicted molar refractivity (Wildman–Crippen MR) is 95.1 cm³/mol. The van der Waals surface area contributed by atoms with Gasteiger partial charge in [-0.3, -0.25) is 4.79 Å². The molecule has 0 atom stereocenters. The lowest BCUT2D eigenvalue weighted by molar-refractivity contribution is -0.121. The Kier molecular flexibility index (Phi) is 7.54. The van der Waals surface area contributed by atoms with Gasteiger partial charge in [-0.05, 0) is 51.0 Å². The van der Waals surface area contributed by atoms with Crippen molar-refractivity contribution >= 4 is 12.0 Å². The van der Waals surface area contributed by atoms with Crippen LogP contribution in [0.5, 0.6) is 11.5 Å². The van der Waals surface area contributed by atoms with Crippen molar-refractivity contribution in [1.29, 1.82) is 0 Å². The summed E-state index contributed by atoms with van der Waals surface area (Å²) in [6.07, 6.45) is 0.0551. The maximum atomic E-state index is 12.0. The summed E-state index contributed by atoms with van der Waals surface area (Å²) in [5, 5.41) is 2.78. The Morgan fingerprint density at radius 3 is 2.40 bits per heavy atom. The summed E-state index contributed by atoms with van der Waals surface area (Å²) in [5.74, 6) is 1.21. The van der Waals surface area contributed by atoms with E-state index in [-0.39, 0.29) is 12.5 Å². The summed E-state index contributed by atoms with van der Waals surface area (Å²) in [6, 6.07) is 5.51. The quantitative estimate of drug-likeness (QED) is 0.814. The van der Waals surface area contributed by atoms with Crippen molar-refractivity contribution in [3.8, 4) is 11.5 Å². The van der Waals surface area contributed by atoms with Crippen molar-refractivity contribution < 1.29 is 23.8 Å². The van der Waals surface area contributed by atoms with E-state index in [0.717, 1.165) is 17.1 Å². The summed E-state index contributed by atoms with van der Waals surface area (Å²) in [4.78, 5) is 25.1. The lowest BCUT2D eigenvalue weighted by Crippen LogP contribution is -2.41. The van der Waals surface area contributed by atoms with Gasteiger partial charge in [-0.2, -0.15) is 0 Å². The second-order valence-electron chi connectivity index (χ2n) is 6.61. The fourth-order valence-corrected chi connectivity index (χ4v) is 2.09. The average molecular weight is 352 g/mol. The monoisotopic (exact) mass is 352 g/mol. The third kappa shape index (κ3) is 7.32. The zero-order chi connectivity index (χ0) is 19.0. The van der Waals surface area contributed by atoms with E-state index in [0.29, 0.717) is 13.0 Å². The number of methoxy groups -OCH3 is 2. The number of benzene rings is 1. The Bertz CT molecular complexity index is 596. The molecule has 0 aliphatic carbocycles. The van der Waals surface area contributed by atoms with Gasteiger partial charge in [0.25, 0.3) is 0 Å². The van der Waals surface area contributed by atoms with Crippen LogP contribution in [-0.4, -0.2) is 56.9 Å². The molecule has 0 unspecified atom stereocenters. The largest absolute Gasteiger partial charge is 0.497 e. The number of ether oxygens (including phenoxy) is 3. The van der Waals surface area contributed by atoms with Crippen molar-refractivity contribution in [3.63, 3.8) is 0 Å². The van der Waals surface area contributed by atoms with Crippen molar-refractivity contribution in [2.24, 2.45) is 0 Å². The minimum absolute atomic E-state index is 0.0653. The van der Waals surface area contributed by atoms with E-state index in [9.17, 15) is 9.59 Å². The topological polar surface area (TPSA) is 77.1 Å². The predicted octanol–water partition coefficient (Wildman–Crippen LogP) is 2.23. The number of carbonyl (C=O) groups excluding carboxylic acids is 2. The zero-order valence-electron chi connectivity index (χ0n) is 15.8. The van der Waals surface area contributed by atoms with Gasteiger partial charge < -0.3 is 24.4 Å². The number of nitrogens with one attached hydrogen (secondary N) is 1. The van der Waals surface area contributed by atoms with E-state index >= 15 is 0 Å². The van der Waals surface area contributed by atoms with Gasteiger partial charge in [-0.25, -0.2) is 4.79 Å². The first kappa shape index (κ1) is 20.6. The molecule has 2 amide bonds. The van der Waals surface area contributed by atoms with Crippen molar-refractivity contribution in [1.82, 2.24) is 10.2 Å². The first-order chi connectivity index (χ1) is 11.7. The summed E-state index contributed by atoms with van der Waals surface area (Å²) < 4.78 is 15.7. The molecule has 0 saturated heterocycles. The fourth-order valence-electron chi connectivity index (χ4n) is 2.09. The normalized spacial score (nSPS) is 10.8. The molecular weight excluding hydrogens is 324 g/mol. The highest BCUT2D eigenvalue weighted by Crippen LogP contribution is 2.24. The van der Waals surface area contributed by atoms with Crippen LogP contribution in [0.2, 0.25) is 0 Å². The number of hydrogen-bond donors (Lipinski definition) is 1. The van der Waals surface area contributed by atoms with Crippen LogP contribution in [-0.2, 0) is 16.0 Å². The Morgan fingerprint density at radius 1 is 1.16 bits per heavy atom. The van der Waals surface area contributed by atoms with Crippen molar-refractivity contribution in [2.45, 2.75) is 32.8 Å².